The van der Waals surface area contributed by atoms with Crippen LogP contribution in [0.5, 0.6) is 0 Å². The van der Waals surface area contributed by atoms with Crippen LogP contribution in [-0.4, -0.2) is 22.1 Å². The van der Waals surface area contributed by atoms with Gasteiger partial charge in [0.25, 0.3) is 0 Å². The molecule has 2 N–H and O–H groups in total. The number of nitrogens with two attached hydrogens (primary N) is 1. The molecule has 0 spiro atoms. The van der Waals surface area contributed by atoms with Gasteiger partial charge in [-0.3, -0.25) is 4.57 Å². The Balaban J connectivity index is 2.05. The summed E-state index contributed by atoms with van der Waals surface area (Å²) in [6, 6.07) is 17.8. The molecule has 0 unspecified atom stereocenters. The molecule has 2 aromatic heterocycles. The van der Waals surface area contributed by atoms with Crippen molar-refractivity contribution in [1.82, 2.24) is 9.55 Å². The van der Waals surface area contributed by atoms with Crippen molar-refractivity contribution in [3.63, 3.8) is 0 Å². The van der Waals surface area contributed by atoms with E-state index in [-0.39, 0.29) is 18.0 Å². The number of para-hydroxylation sites is 1. The van der Waals surface area contributed by atoms with E-state index in [2.05, 4.69) is 4.98 Å². The summed E-state index contributed by atoms with van der Waals surface area (Å²) >= 11 is 0. The van der Waals surface area contributed by atoms with Gasteiger partial charge in [-0.25, -0.2) is 14.2 Å². The quantitative estimate of drug-likeness (QED) is 0.504. The normalized spacial score (nSPS) is 11.0. The molecule has 29 heavy (non-hydrogen) atoms. The van der Waals surface area contributed by atoms with Crippen LogP contribution in [0.2, 0.25) is 0 Å². The van der Waals surface area contributed by atoms with E-state index in [4.69, 9.17) is 10.5 Å². The van der Waals surface area contributed by atoms with Crippen LogP contribution in [0.25, 0.3) is 28.0 Å². The van der Waals surface area contributed by atoms with Crippen molar-refractivity contribution < 1.29 is 13.9 Å². The molecule has 0 saturated carbocycles. The number of ether oxygens (including phenoxy) is 1. The van der Waals surface area contributed by atoms with Gasteiger partial charge in [0, 0.05) is 11.1 Å². The largest absolute Gasteiger partial charge is 0.462 e. The molecule has 0 aliphatic heterocycles. The van der Waals surface area contributed by atoms with Crippen LogP contribution in [-0.2, 0) is 4.74 Å². The van der Waals surface area contributed by atoms with Gasteiger partial charge in [-0.05, 0) is 61.9 Å². The van der Waals surface area contributed by atoms with Crippen molar-refractivity contribution in [2.45, 2.75) is 13.8 Å². The standard InChI is InChI=1S/C23H20FN3O2/c1-3-29-23(28)20-14(2)26-22-18(21(20)25)13-19(15-9-11-16(24)12-10-15)27(22)17-7-5-4-6-8-17/h4-13H,3H2,1-2H3,(H2,25,26). The van der Waals surface area contributed by atoms with Gasteiger partial charge in [-0.15, -0.1) is 0 Å². The zero-order valence-corrected chi connectivity index (χ0v) is 16.1. The van der Waals surface area contributed by atoms with Crippen LogP contribution in [0.1, 0.15) is 23.0 Å². The number of pyridine rings is 1. The van der Waals surface area contributed by atoms with E-state index in [1.54, 1.807) is 26.0 Å². The van der Waals surface area contributed by atoms with E-state index in [1.807, 2.05) is 41.0 Å². The van der Waals surface area contributed by atoms with Gasteiger partial charge in [0.15, 0.2) is 0 Å². The van der Waals surface area contributed by atoms with Crippen molar-refractivity contribution in [1.29, 1.82) is 0 Å². The summed E-state index contributed by atoms with van der Waals surface area (Å²) in [5.41, 5.74) is 10.6. The summed E-state index contributed by atoms with van der Waals surface area (Å²) in [7, 11) is 0. The van der Waals surface area contributed by atoms with Gasteiger partial charge < -0.3 is 10.5 Å². The molecule has 5 nitrogen and oxygen atoms in total. The van der Waals surface area contributed by atoms with Crippen molar-refractivity contribution in [2.75, 3.05) is 12.3 Å². The number of hydrogen-bond donors (Lipinski definition) is 1. The molecule has 0 atom stereocenters. The molecule has 4 aromatic rings. The number of halogens is 1. The monoisotopic (exact) mass is 389 g/mol. The van der Waals surface area contributed by atoms with Crippen molar-refractivity contribution in [3.8, 4) is 16.9 Å². The molecule has 0 bridgehead atoms. The highest BCUT2D eigenvalue weighted by Crippen LogP contribution is 2.35. The molecule has 2 aromatic carbocycles. The Bertz CT molecular complexity index is 1200. The zero-order chi connectivity index (χ0) is 20.5. The number of carbonyl (C=O) groups excluding carboxylic acids is 1. The molecule has 0 aliphatic carbocycles. The zero-order valence-electron chi connectivity index (χ0n) is 16.1. The lowest BCUT2D eigenvalue weighted by atomic mass is 10.1. The van der Waals surface area contributed by atoms with Gasteiger partial charge in [-0.1, -0.05) is 18.2 Å². The number of carbonyl (C=O) groups is 1. The Labute approximate surface area is 167 Å². The fraction of sp³-hybridized carbons (Fsp3) is 0.130. The Kier molecular flexibility index (Phi) is 4.76. The first kappa shape index (κ1) is 18.7. The lowest BCUT2D eigenvalue weighted by Crippen LogP contribution is -2.12. The first-order valence-corrected chi connectivity index (χ1v) is 9.31. The number of anilines is 1. The molecular weight excluding hydrogens is 369 g/mol. The van der Waals surface area contributed by atoms with Gasteiger partial charge in [0.1, 0.15) is 17.0 Å². The third-order valence-electron chi connectivity index (χ3n) is 4.80. The summed E-state index contributed by atoms with van der Waals surface area (Å²) in [4.78, 5) is 17.1. The molecule has 4 rings (SSSR count). The third kappa shape index (κ3) is 3.23. The van der Waals surface area contributed by atoms with Crippen molar-refractivity contribution >= 4 is 22.7 Å². The fourth-order valence-corrected chi connectivity index (χ4v) is 3.49. The first-order chi connectivity index (χ1) is 14.0. The summed E-state index contributed by atoms with van der Waals surface area (Å²) < 4.78 is 20.6. The second-order valence-corrected chi connectivity index (χ2v) is 6.65. The number of fused-ring (bicyclic) bond motifs is 1. The van der Waals surface area contributed by atoms with E-state index in [0.29, 0.717) is 22.4 Å². The average Bonchev–Trinajstić information content (AvgIpc) is 3.09. The van der Waals surface area contributed by atoms with Crippen LogP contribution in [0.15, 0.2) is 60.7 Å². The van der Waals surface area contributed by atoms with Crippen LogP contribution in [0.3, 0.4) is 0 Å². The van der Waals surface area contributed by atoms with Crippen LogP contribution < -0.4 is 5.73 Å². The number of aromatic nitrogens is 2. The van der Waals surface area contributed by atoms with E-state index >= 15 is 0 Å². The Morgan fingerprint density at radius 3 is 2.48 bits per heavy atom. The van der Waals surface area contributed by atoms with E-state index in [1.165, 1.54) is 12.1 Å². The topological polar surface area (TPSA) is 70.1 Å². The second kappa shape index (κ2) is 7.39. The Morgan fingerprint density at radius 1 is 1.14 bits per heavy atom. The lowest BCUT2D eigenvalue weighted by Gasteiger charge is -2.13. The van der Waals surface area contributed by atoms with E-state index in [9.17, 15) is 9.18 Å². The number of rotatable bonds is 4. The maximum Gasteiger partial charge on any atom is 0.342 e. The summed E-state index contributed by atoms with van der Waals surface area (Å²) in [6.45, 7) is 3.73. The number of aryl methyl sites for hydroxylation is 1. The highest BCUT2D eigenvalue weighted by molar-refractivity contribution is 6.06. The van der Waals surface area contributed by atoms with Crippen LogP contribution in [0.4, 0.5) is 10.1 Å². The Hall–Kier alpha value is -3.67. The van der Waals surface area contributed by atoms with E-state index < -0.39 is 5.97 Å². The first-order valence-electron chi connectivity index (χ1n) is 9.31. The molecule has 0 aliphatic rings. The third-order valence-corrected chi connectivity index (χ3v) is 4.80. The number of esters is 1. The lowest BCUT2D eigenvalue weighted by molar-refractivity contribution is 0.0526. The molecule has 0 fully saturated rings. The molecule has 6 heteroatoms. The van der Waals surface area contributed by atoms with Gasteiger partial charge in [-0.2, -0.15) is 0 Å². The van der Waals surface area contributed by atoms with Crippen LogP contribution in [0, 0.1) is 12.7 Å². The minimum absolute atomic E-state index is 0.252. The summed E-state index contributed by atoms with van der Waals surface area (Å²) in [5.74, 6) is -0.804. The highest BCUT2D eigenvalue weighted by Gasteiger charge is 2.23. The second-order valence-electron chi connectivity index (χ2n) is 6.65. The summed E-state index contributed by atoms with van der Waals surface area (Å²) in [6.07, 6.45) is 0. The molecular formula is C23H20FN3O2. The van der Waals surface area contributed by atoms with Crippen molar-refractivity contribution in [3.05, 3.63) is 77.7 Å². The molecule has 0 amide bonds. The fourth-order valence-electron chi connectivity index (χ4n) is 3.49. The minimum atomic E-state index is -0.493. The maximum absolute atomic E-state index is 13.5. The predicted molar refractivity (Wildman–Crippen MR) is 112 cm³/mol. The minimum Gasteiger partial charge on any atom is -0.462 e. The Morgan fingerprint density at radius 2 is 1.83 bits per heavy atom. The SMILES string of the molecule is CCOC(=O)c1c(C)nc2c(cc(-c3ccc(F)cc3)n2-c2ccccc2)c1N. The molecule has 2 heterocycles. The van der Waals surface area contributed by atoms with Gasteiger partial charge in [0.2, 0.25) is 0 Å². The number of benzene rings is 2. The molecule has 0 saturated heterocycles. The molecule has 146 valence electrons. The van der Waals surface area contributed by atoms with Crippen molar-refractivity contribution in [2.24, 2.45) is 0 Å². The van der Waals surface area contributed by atoms with E-state index in [0.717, 1.165) is 16.9 Å². The number of hydrogen-bond acceptors (Lipinski definition) is 4. The maximum atomic E-state index is 13.5. The number of nitrogen functional groups attached to an aromatic ring is 1. The summed E-state index contributed by atoms with van der Waals surface area (Å²) in [5, 5.41) is 0.641. The average molecular weight is 389 g/mol. The molecule has 0 radical (unpaired) electrons. The van der Waals surface area contributed by atoms with Gasteiger partial charge >= 0.3 is 5.97 Å². The predicted octanol–water partition coefficient (Wildman–Crippen LogP) is 4.90. The van der Waals surface area contributed by atoms with Gasteiger partial charge in [0.05, 0.1) is 23.7 Å². The van der Waals surface area contributed by atoms with Crippen LogP contribution >= 0.6 is 0 Å². The number of nitrogens with zero attached hydrogens (tertiary/aromatic N) is 2. The smallest absolute Gasteiger partial charge is 0.342 e. The highest BCUT2D eigenvalue weighted by atomic mass is 19.1.